The lowest BCUT2D eigenvalue weighted by molar-refractivity contribution is 0.304. The Labute approximate surface area is 110 Å². The minimum atomic E-state index is -0.0431. The third-order valence-electron chi connectivity index (χ3n) is 2.36. The molecule has 5 heteroatoms. The highest BCUT2D eigenvalue weighted by molar-refractivity contribution is 6.30. The lowest BCUT2D eigenvalue weighted by Crippen LogP contribution is -2.13. The number of nitrogens with one attached hydrogen (secondary N) is 1. The molecule has 2 rings (SSSR count). The summed E-state index contributed by atoms with van der Waals surface area (Å²) >= 11 is 5.89. The molecule has 0 saturated carbocycles. The van der Waals surface area contributed by atoms with E-state index in [-0.39, 0.29) is 5.84 Å². The van der Waals surface area contributed by atoms with E-state index in [1.165, 1.54) is 0 Å². The molecule has 1 aromatic heterocycles. The van der Waals surface area contributed by atoms with Crippen LogP contribution in [0.5, 0.6) is 5.75 Å². The van der Waals surface area contributed by atoms with Crippen molar-refractivity contribution in [3.63, 3.8) is 0 Å². The van der Waals surface area contributed by atoms with Gasteiger partial charge in [0.15, 0.2) is 0 Å². The Morgan fingerprint density at radius 3 is 2.94 bits per heavy atom. The van der Waals surface area contributed by atoms with Crippen LogP contribution in [0.1, 0.15) is 11.1 Å². The van der Waals surface area contributed by atoms with Gasteiger partial charge in [0.25, 0.3) is 0 Å². The van der Waals surface area contributed by atoms with Crippen molar-refractivity contribution in [2.24, 2.45) is 5.73 Å². The number of rotatable bonds is 4. The summed E-state index contributed by atoms with van der Waals surface area (Å²) in [4.78, 5) is 3.95. The number of nitrogens with two attached hydrogens (primary N) is 1. The van der Waals surface area contributed by atoms with E-state index in [1.807, 2.05) is 18.2 Å². The molecular weight excluding hydrogens is 250 g/mol. The monoisotopic (exact) mass is 261 g/mol. The zero-order valence-electron chi connectivity index (χ0n) is 9.56. The van der Waals surface area contributed by atoms with Crippen LogP contribution in [0.3, 0.4) is 0 Å². The second-order valence-corrected chi connectivity index (χ2v) is 4.14. The van der Waals surface area contributed by atoms with E-state index < -0.39 is 0 Å². The largest absolute Gasteiger partial charge is 0.487 e. The van der Waals surface area contributed by atoms with Gasteiger partial charge in [-0.1, -0.05) is 23.7 Å². The molecule has 0 spiro atoms. The molecule has 0 atom stereocenters. The minimum absolute atomic E-state index is 0.0431. The fourth-order valence-corrected chi connectivity index (χ4v) is 1.72. The van der Waals surface area contributed by atoms with Crippen LogP contribution < -0.4 is 10.5 Å². The molecule has 2 aromatic rings. The van der Waals surface area contributed by atoms with Crippen LogP contribution in [0.25, 0.3) is 0 Å². The number of pyridine rings is 1. The number of halogens is 1. The molecule has 3 N–H and O–H groups in total. The molecule has 0 amide bonds. The van der Waals surface area contributed by atoms with Crippen LogP contribution in [-0.4, -0.2) is 10.8 Å². The van der Waals surface area contributed by atoms with Crippen LogP contribution in [0, 0.1) is 5.41 Å². The molecule has 0 saturated heterocycles. The molecule has 1 heterocycles. The first-order valence-corrected chi connectivity index (χ1v) is 5.70. The summed E-state index contributed by atoms with van der Waals surface area (Å²) in [6.07, 6.45) is 3.12. The Balaban J connectivity index is 2.13. The summed E-state index contributed by atoms with van der Waals surface area (Å²) in [7, 11) is 0. The minimum Gasteiger partial charge on any atom is -0.487 e. The van der Waals surface area contributed by atoms with Crippen molar-refractivity contribution in [3.05, 3.63) is 58.9 Å². The zero-order valence-corrected chi connectivity index (χ0v) is 10.3. The Morgan fingerprint density at radius 1 is 1.39 bits per heavy atom. The van der Waals surface area contributed by atoms with E-state index in [4.69, 9.17) is 27.5 Å². The van der Waals surface area contributed by atoms with Gasteiger partial charge in [0.2, 0.25) is 0 Å². The van der Waals surface area contributed by atoms with Crippen molar-refractivity contribution in [2.45, 2.75) is 6.61 Å². The number of benzene rings is 1. The van der Waals surface area contributed by atoms with Crippen LogP contribution >= 0.6 is 11.6 Å². The van der Waals surface area contributed by atoms with E-state index in [0.717, 1.165) is 5.56 Å². The first kappa shape index (κ1) is 12.4. The summed E-state index contributed by atoms with van der Waals surface area (Å²) in [5, 5.41) is 8.10. The van der Waals surface area contributed by atoms with E-state index in [2.05, 4.69) is 4.98 Å². The maximum Gasteiger partial charge on any atom is 0.148 e. The molecule has 0 aliphatic heterocycles. The highest BCUT2D eigenvalue weighted by atomic mass is 35.5. The number of aromatic nitrogens is 1. The smallest absolute Gasteiger partial charge is 0.148 e. The number of ether oxygens (including phenoxy) is 1. The molecule has 0 fully saturated rings. The first-order chi connectivity index (χ1) is 8.66. The topological polar surface area (TPSA) is 72.0 Å². The van der Waals surface area contributed by atoms with Crippen molar-refractivity contribution in [1.29, 1.82) is 5.41 Å². The molecule has 18 heavy (non-hydrogen) atoms. The van der Waals surface area contributed by atoms with Gasteiger partial charge in [-0.15, -0.1) is 0 Å². The highest BCUT2D eigenvalue weighted by Gasteiger charge is 2.06. The summed E-state index contributed by atoms with van der Waals surface area (Å²) in [5.74, 6) is 0.448. The Kier molecular flexibility index (Phi) is 3.79. The molecule has 92 valence electrons. The van der Waals surface area contributed by atoms with Crippen LogP contribution in [0.4, 0.5) is 0 Å². The average molecular weight is 262 g/mol. The van der Waals surface area contributed by atoms with E-state index in [1.54, 1.807) is 24.5 Å². The third-order valence-corrected chi connectivity index (χ3v) is 2.59. The van der Waals surface area contributed by atoms with Gasteiger partial charge in [-0.05, 0) is 23.8 Å². The molecule has 0 aliphatic carbocycles. The van der Waals surface area contributed by atoms with Gasteiger partial charge in [-0.3, -0.25) is 10.4 Å². The predicted molar refractivity (Wildman–Crippen MR) is 71.0 cm³/mol. The zero-order chi connectivity index (χ0) is 13.0. The van der Waals surface area contributed by atoms with Crippen molar-refractivity contribution in [3.8, 4) is 5.75 Å². The average Bonchev–Trinajstić information content (AvgIpc) is 2.37. The van der Waals surface area contributed by atoms with E-state index >= 15 is 0 Å². The van der Waals surface area contributed by atoms with Gasteiger partial charge in [0.05, 0.1) is 11.8 Å². The highest BCUT2D eigenvalue weighted by Crippen LogP contribution is 2.18. The number of nitrogens with zero attached hydrogens (tertiary/aromatic N) is 1. The van der Waals surface area contributed by atoms with Crippen LogP contribution in [-0.2, 0) is 6.61 Å². The third kappa shape index (κ3) is 2.99. The molecule has 0 radical (unpaired) electrons. The maximum absolute atomic E-state index is 7.44. The molecule has 4 nitrogen and oxygen atoms in total. The first-order valence-electron chi connectivity index (χ1n) is 5.32. The molecule has 0 aliphatic rings. The van der Waals surface area contributed by atoms with Gasteiger partial charge in [-0.25, -0.2) is 0 Å². The second-order valence-electron chi connectivity index (χ2n) is 3.70. The van der Waals surface area contributed by atoms with E-state index in [0.29, 0.717) is 22.9 Å². The van der Waals surface area contributed by atoms with Crippen molar-refractivity contribution >= 4 is 17.4 Å². The number of hydrogen-bond acceptors (Lipinski definition) is 3. The van der Waals surface area contributed by atoms with Gasteiger partial charge < -0.3 is 10.5 Å². The molecular formula is C13H12ClN3O. The lowest BCUT2D eigenvalue weighted by atomic mass is 10.2. The van der Waals surface area contributed by atoms with E-state index in [9.17, 15) is 0 Å². The number of amidine groups is 1. The predicted octanol–water partition coefficient (Wildman–Crippen LogP) is 2.60. The molecule has 0 unspecified atom stereocenters. The fourth-order valence-electron chi connectivity index (χ4n) is 1.51. The fraction of sp³-hybridized carbons (Fsp3) is 0.0769. The second kappa shape index (κ2) is 5.51. The Hall–Kier alpha value is -2.07. The Bertz CT molecular complexity index is 572. The SMILES string of the molecule is N=C(N)c1ccncc1OCc1cccc(Cl)c1. The van der Waals surface area contributed by atoms with Gasteiger partial charge in [-0.2, -0.15) is 0 Å². The molecule has 1 aromatic carbocycles. The van der Waals surface area contributed by atoms with Gasteiger partial charge >= 0.3 is 0 Å². The number of nitrogen functional groups attached to an aromatic ring is 1. The Morgan fingerprint density at radius 2 is 2.22 bits per heavy atom. The van der Waals surface area contributed by atoms with Gasteiger partial charge in [0, 0.05) is 11.2 Å². The summed E-state index contributed by atoms with van der Waals surface area (Å²) < 4.78 is 5.60. The lowest BCUT2D eigenvalue weighted by Gasteiger charge is -2.09. The summed E-state index contributed by atoms with van der Waals surface area (Å²) in [5.41, 5.74) is 6.94. The van der Waals surface area contributed by atoms with Gasteiger partial charge in [0.1, 0.15) is 18.2 Å². The van der Waals surface area contributed by atoms with Crippen molar-refractivity contribution < 1.29 is 4.74 Å². The quantitative estimate of drug-likeness (QED) is 0.656. The van der Waals surface area contributed by atoms with Crippen LogP contribution in [0.2, 0.25) is 5.02 Å². The normalized spacial score (nSPS) is 10.1. The van der Waals surface area contributed by atoms with Crippen molar-refractivity contribution in [1.82, 2.24) is 4.98 Å². The summed E-state index contributed by atoms with van der Waals surface area (Å²) in [6.45, 7) is 0.354. The van der Waals surface area contributed by atoms with Crippen molar-refractivity contribution in [2.75, 3.05) is 0 Å². The maximum atomic E-state index is 7.44. The standard InChI is InChI=1S/C13H12ClN3O/c14-10-3-1-2-9(6-10)8-18-12-7-17-5-4-11(12)13(15)16/h1-7H,8H2,(H3,15,16). The molecule has 0 bridgehead atoms. The number of hydrogen-bond donors (Lipinski definition) is 2. The summed E-state index contributed by atoms with van der Waals surface area (Å²) in [6, 6.07) is 9.04. The van der Waals surface area contributed by atoms with Crippen LogP contribution in [0.15, 0.2) is 42.7 Å².